The molecule has 3 aliphatic rings. The predicted octanol–water partition coefficient (Wildman–Crippen LogP) is 1.26. The Morgan fingerprint density at radius 2 is 2.22 bits per heavy atom. The van der Waals surface area contributed by atoms with Crippen molar-refractivity contribution in [2.45, 2.75) is 28.7 Å². The Balaban J connectivity index is 0.000000405. The van der Waals surface area contributed by atoms with E-state index in [4.69, 9.17) is 11.6 Å². The van der Waals surface area contributed by atoms with E-state index in [1.54, 1.807) is 0 Å². The Bertz CT molecular complexity index is 118. The third kappa shape index (κ3) is 0.909. The van der Waals surface area contributed by atoms with E-state index in [1.165, 1.54) is 0 Å². The van der Waals surface area contributed by atoms with Crippen LogP contribution in [0.5, 0.6) is 0 Å². The summed E-state index contributed by atoms with van der Waals surface area (Å²) in [5.41, 5.74) is 0. The van der Waals surface area contributed by atoms with E-state index in [2.05, 4.69) is 21.2 Å². The van der Waals surface area contributed by atoms with Gasteiger partial charge in [-0.05, 0) is 6.42 Å². The SMILES string of the molecule is ClC1CC2NC1C2Br.N. The number of hydrogen-bond acceptors (Lipinski definition) is 2. The maximum atomic E-state index is 5.91. The molecule has 0 aromatic heterocycles. The van der Waals surface area contributed by atoms with Crippen LogP contribution >= 0.6 is 27.5 Å². The molecule has 3 rings (SSSR count). The van der Waals surface area contributed by atoms with Crippen molar-refractivity contribution in [2.75, 3.05) is 0 Å². The molecule has 0 radical (unpaired) electrons. The molecular weight excluding hydrogens is 203 g/mol. The largest absolute Gasteiger partial charge is 0.344 e. The molecule has 2 bridgehead atoms. The van der Waals surface area contributed by atoms with Crippen LogP contribution in [-0.4, -0.2) is 22.3 Å². The van der Waals surface area contributed by atoms with E-state index in [9.17, 15) is 0 Å². The van der Waals surface area contributed by atoms with E-state index in [0.717, 1.165) is 6.42 Å². The van der Waals surface area contributed by atoms with Gasteiger partial charge in [0.1, 0.15) is 0 Å². The molecule has 1 aliphatic carbocycles. The van der Waals surface area contributed by atoms with Crippen LogP contribution < -0.4 is 11.5 Å². The molecule has 0 amide bonds. The molecule has 2 nitrogen and oxygen atoms in total. The van der Waals surface area contributed by atoms with E-state index >= 15 is 0 Å². The fourth-order valence-electron chi connectivity index (χ4n) is 1.45. The third-order valence-electron chi connectivity index (χ3n) is 2.00. The number of hydrogen-bond donors (Lipinski definition) is 2. The Labute approximate surface area is 68.0 Å². The van der Waals surface area contributed by atoms with Crippen molar-refractivity contribution in [1.82, 2.24) is 11.5 Å². The molecule has 4 heteroatoms. The molecule has 4 atom stereocenters. The zero-order chi connectivity index (χ0) is 5.72. The van der Waals surface area contributed by atoms with Crippen LogP contribution in [-0.2, 0) is 0 Å². The van der Waals surface area contributed by atoms with E-state index in [-0.39, 0.29) is 6.15 Å². The van der Waals surface area contributed by atoms with Gasteiger partial charge < -0.3 is 11.5 Å². The molecule has 0 aromatic carbocycles. The van der Waals surface area contributed by atoms with Crippen LogP contribution in [0, 0.1) is 0 Å². The highest BCUT2D eigenvalue weighted by atomic mass is 79.9. The monoisotopic (exact) mass is 212 g/mol. The summed E-state index contributed by atoms with van der Waals surface area (Å²) in [6.07, 6.45) is 1.14. The average Bonchev–Trinajstić information content (AvgIpc) is 2.19. The van der Waals surface area contributed by atoms with Crippen LogP contribution in [0.3, 0.4) is 0 Å². The summed E-state index contributed by atoms with van der Waals surface area (Å²) in [5, 5.41) is 3.72. The summed E-state index contributed by atoms with van der Waals surface area (Å²) in [6.45, 7) is 0. The molecule has 4 N–H and O–H groups in total. The number of nitrogens with one attached hydrogen (secondary N) is 1. The number of fused-ring (bicyclic) bond motifs is 1. The zero-order valence-corrected chi connectivity index (χ0v) is 7.32. The molecule has 2 aliphatic heterocycles. The maximum Gasteiger partial charge on any atom is 0.0516 e. The lowest BCUT2D eigenvalue weighted by Crippen LogP contribution is -2.56. The van der Waals surface area contributed by atoms with Crippen molar-refractivity contribution < 1.29 is 0 Å². The van der Waals surface area contributed by atoms with Gasteiger partial charge in [0, 0.05) is 16.9 Å². The van der Waals surface area contributed by atoms with E-state index < -0.39 is 0 Å². The molecule has 4 unspecified atom stereocenters. The van der Waals surface area contributed by atoms with Gasteiger partial charge in [-0.3, -0.25) is 0 Å². The zero-order valence-electron chi connectivity index (χ0n) is 4.98. The molecule has 2 saturated heterocycles. The lowest BCUT2D eigenvalue weighted by Gasteiger charge is -2.32. The topological polar surface area (TPSA) is 47.0 Å². The Morgan fingerprint density at radius 1 is 1.56 bits per heavy atom. The number of alkyl halides is 2. The summed E-state index contributed by atoms with van der Waals surface area (Å²) < 4.78 is 0. The van der Waals surface area contributed by atoms with Crippen LogP contribution in [0.4, 0.5) is 0 Å². The minimum atomic E-state index is 0. The van der Waals surface area contributed by atoms with Gasteiger partial charge in [0.05, 0.1) is 5.38 Å². The standard InChI is InChI=1S/C5H7BrClN.H3N/c6-4-3-1-2(7)5(4)8-3;/h2-5,8H,1H2;1H3. The maximum absolute atomic E-state index is 5.91. The highest BCUT2D eigenvalue weighted by Gasteiger charge is 2.50. The van der Waals surface area contributed by atoms with E-state index in [0.29, 0.717) is 22.3 Å². The lowest BCUT2D eigenvalue weighted by molar-refractivity contribution is 0.392. The Kier molecular flexibility index (Phi) is 2.06. The van der Waals surface area contributed by atoms with Gasteiger partial charge >= 0.3 is 0 Å². The first-order chi connectivity index (χ1) is 3.79. The quantitative estimate of drug-likeness (QED) is 0.595. The van der Waals surface area contributed by atoms with Gasteiger partial charge in [-0.15, -0.1) is 11.6 Å². The highest BCUT2D eigenvalue weighted by molar-refractivity contribution is 9.09. The second-order valence-corrected chi connectivity index (χ2v) is 4.11. The highest BCUT2D eigenvalue weighted by Crippen LogP contribution is 2.38. The van der Waals surface area contributed by atoms with Crippen LogP contribution in [0.1, 0.15) is 6.42 Å². The second kappa shape index (κ2) is 2.38. The molecule has 0 spiro atoms. The van der Waals surface area contributed by atoms with Gasteiger partial charge in [0.15, 0.2) is 0 Å². The summed E-state index contributed by atoms with van der Waals surface area (Å²) in [5.74, 6) is 0. The average molecular weight is 214 g/mol. The van der Waals surface area contributed by atoms with Gasteiger partial charge in [-0.25, -0.2) is 0 Å². The van der Waals surface area contributed by atoms with Crippen molar-refractivity contribution in [3.63, 3.8) is 0 Å². The first-order valence-electron chi connectivity index (χ1n) is 2.83. The first kappa shape index (κ1) is 7.79. The molecule has 54 valence electrons. The van der Waals surface area contributed by atoms with Crippen molar-refractivity contribution in [1.29, 1.82) is 0 Å². The van der Waals surface area contributed by atoms with Gasteiger partial charge in [-0.2, -0.15) is 0 Å². The van der Waals surface area contributed by atoms with Gasteiger partial charge in [-0.1, -0.05) is 15.9 Å². The normalized spacial score (nSPS) is 54.0. The summed E-state index contributed by atoms with van der Waals surface area (Å²) in [7, 11) is 0. The van der Waals surface area contributed by atoms with Crippen LogP contribution in [0.15, 0.2) is 0 Å². The van der Waals surface area contributed by atoms with Crippen molar-refractivity contribution in [2.24, 2.45) is 0 Å². The fraction of sp³-hybridized carbons (Fsp3) is 1.00. The van der Waals surface area contributed by atoms with Crippen molar-refractivity contribution >= 4 is 27.5 Å². The number of rotatable bonds is 0. The number of halogens is 2. The Hall–Kier alpha value is 0.690. The van der Waals surface area contributed by atoms with Crippen LogP contribution in [0.2, 0.25) is 0 Å². The van der Waals surface area contributed by atoms with Gasteiger partial charge in [0.2, 0.25) is 0 Å². The second-order valence-electron chi connectivity index (χ2n) is 2.50. The summed E-state index contributed by atoms with van der Waals surface area (Å²) in [6, 6.07) is 1.23. The minimum absolute atomic E-state index is 0. The molecule has 2 heterocycles. The summed E-state index contributed by atoms with van der Waals surface area (Å²) >= 11 is 9.45. The fourth-order valence-corrected chi connectivity index (χ4v) is 2.94. The lowest BCUT2D eigenvalue weighted by atomic mass is 10.1. The first-order valence-corrected chi connectivity index (χ1v) is 4.18. The van der Waals surface area contributed by atoms with Gasteiger partial charge in [0.25, 0.3) is 0 Å². The Morgan fingerprint density at radius 3 is 2.33 bits per heavy atom. The molecule has 1 saturated carbocycles. The minimum Gasteiger partial charge on any atom is -0.344 e. The molecule has 9 heavy (non-hydrogen) atoms. The molecule has 3 fully saturated rings. The summed E-state index contributed by atoms with van der Waals surface area (Å²) in [4.78, 5) is 0.657. The van der Waals surface area contributed by atoms with E-state index in [1.807, 2.05) is 0 Å². The molecule has 0 aromatic rings. The predicted molar refractivity (Wildman–Crippen MR) is 42.7 cm³/mol. The smallest absolute Gasteiger partial charge is 0.0516 e. The van der Waals surface area contributed by atoms with Crippen LogP contribution in [0.25, 0.3) is 0 Å². The van der Waals surface area contributed by atoms with Crippen molar-refractivity contribution in [3.8, 4) is 0 Å². The molecular formula is C5H10BrClN2. The third-order valence-corrected chi connectivity index (χ3v) is 3.66. The van der Waals surface area contributed by atoms with Crippen molar-refractivity contribution in [3.05, 3.63) is 0 Å².